The predicted molar refractivity (Wildman–Crippen MR) is 152 cm³/mol. The minimum Gasteiger partial charge on any atom is -0.472 e. The highest BCUT2D eigenvalue weighted by Gasteiger charge is 2.28. The third kappa shape index (κ3) is 7.96. The number of carbonyl (C=O) groups excluding carboxylic acids is 3. The van der Waals surface area contributed by atoms with Crippen LogP contribution in [0.25, 0.3) is 11.1 Å². The lowest BCUT2D eigenvalue weighted by atomic mass is 10.1. The van der Waals surface area contributed by atoms with Crippen LogP contribution < -0.4 is 15.3 Å². The quantitative estimate of drug-likeness (QED) is 0.441. The third-order valence-corrected chi connectivity index (χ3v) is 5.88. The fourth-order valence-electron chi connectivity index (χ4n) is 4.03. The number of amides is 3. The average molecular weight is 565 g/mol. The molecule has 0 bridgehead atoms. The molecule has 4 rings (SSSR count). The number of aromatic nitrogens is 2. The Morgan fingerprint density at radius 1 is 0.902 bits per heavy atom. The molecule has 12 nitrogen and oxygen atoms in total. The van der Waals surface area contributed by atoms with Gasteiger partial charge in [-0.3, -0.25) is 4.79 Å². The Kier molecular flexibility index (Phi) is 8.50. The van der Waals surface area contributed by atoms with E-state index in [1.54, 1.807) is 62.5 Å². The van der Waals surface area contributed by atoms with Crippen LogP contribution in [0, 0.1) is 0 Å². The van der Waals surface area contributed by atoms with E-state index in [2.05, 4.69) is 15.4 Å². The number of nitrogens with one attached hydrogen (secondary N) is 1. The van der Waals surface area contributed by atoms with Gasteiger partial charge in [-0.05, 0) is 65.3 Å². The zero-order valence-electron chi connectivity index (χ0n) is 24.2. The van der Waals surface area contributed by atoms with Crippen LogP contribution in [-0.4, -0.2) is 70.3 Å². The molecule has 3 amide bonds. The predicted octanol–water partition coefficient (Wildman–Crippen LogP) is 4.88. The molecule has 0 atom stereocenters. The van der Waals surface area contributed by atoms with Crippen molar-refractivity contribution in [1.82, 2.24) is 20.3 Å². The molecule has 3 heterocycles. The van der Waals surface area contributed by atoms with Crippen molar-refractivity contribution >= 4 is 29.6 Å². The molecule has 218 valence electrons. The largest absolute Gasteiger partial charge is 0.472 e. The molecule has 0 saturated carbocycles. The first kappa shape index (κ1) is 29.4. The highest BCUT2D eigenvalue weighted by atomic mass is 16.6. The van der Waals surface area contributed by atoms with Crippen molar-refractivity contribution in [3.8, 4) is 11.1 Å². The van der Waals surface area contributed by atoms with Crippen molar-refractivity contribution in [3.63, 3.8) is 0 Å². The normalized spacial score (nSPS) is 13.9. The summed E-state index contributed by atoms with van der Waals surface area (Å²) in [7, 11) is 0. The third-order valence-electron chi connectivity index (χ3n) is 5.88. The van der Waals surface area contributed by atoms with Crippen molar-refractivity contribution in [2.75, 3.05) is 36.1 Å². The number of furan rings is 1. The second kappa shape index (κ2) is 11.9. The number of rotatable bonds is 4. The Labute approximate surface area is 239 Å². The lowest BCUT2D eigenvalue weighted by molar-refractivity contribution is 0.0240. The second-order valence-corrected chi connectivity index (χ2v) is 11.5. The Morgan fingerprint density at radius 3 is 2.20 bits per heavy atom. The minimum atomic E-state index is -0.799. The topological polar surface area (TPSA) is 130 Å². The minimum absolute atomic E-state index is 0.0194. The van der Waals surface area contributed by atoms with E-state index in [0.29, 0.717) is 37.7 Å². The molecule has 41 heavy (non-hydrogen) atoms. The summed E-state index contributed by atoms with van der Waals surface area (Å²) in [5, 5.41) is 1.08. The van der Waals surface area contributed by atoms with Gasteiger partial charge in [-0.25, -0.2) is 30.0 Å². The number of hydrogen-bond donors (Lipinski definition) is 1. The Hall–Kier alpha value is -4.61. The molecule has 0 unspecified atom stereocenters. The van der Waals surface area contributed by atoms with Crippen molar-refractivity contribution in [2.24, 2.45) is 0 Å². The summed E-state index contributed by atoms with van der Waals surface area (Å²) in [5.41, 5.74) is 3.22. The molecule has 1 aromatic carbocycles. The van der Waals surface area contributed by atoms with Crippen LogP contribution in [0.1, 0.15) is 52.0 Å². The maximum Gasteiger partial charge on any atom is 0.427 e. The van der Waals surface area contributed by atoms with Gasteiger partial charge in [0.15, 0.2) is 0 Å². The highest BCUT2D eigenvalue weighted by Crippen LogP contribution is 2.26. The van der Waals surface area contributed by atoms with Gasteiger partial charge in [0.1, 0.15) is 22.7 Å². The number of ether oxygens (including phenoxy) is 2. The molecular formula is C29H36N6O6. The second-order valence-electron chi connectivity index (χ2n) is 11.5. The van der Waals surface area contributed by atoms with Crippen LogP contribution in [0.2, 0.25) is 0 Å². The SMILES string of the molecule is CC(C)(C)OC(=O)NN(C(=O)c1cnc(N2CCN(C(=O)OC(C)(C)C)CC2)cn1)c1cccc(-c2ccoc2)c1. The first-order valence-corrected chi connectivity index (χ1v) is 13.3. The summed E-state index contributed by atoms with van der Waals surface area (Å²) >= 11 is 0. The molecule has 2 aromatic heterocycles. The standard InChI is InChI=1S/C29H36N6O6/c1-28(2,3)40-26(37)32-35(22-9-7-8-20(16-22)21-10-15-39-19-21)25(36)23-17-31-24(18-30-23)33-11-13-34(14-12-33)27(38)41-29(4,5)6/h7-10,15-19H,11-14H2,1-6H3,(H,32,37). The molecule has 0 radical (unpaired) electrons. The van der Waals surface area contributed by atoms with Gasteiger partial charge in [-0.15, -0.1) is 0 Å². The van der Waals surface area contributed by atoms with Crippen LogP contribution in [0.15, 0.2) is 59.7 Å². The Balaban J connectivity index is 1.50. The van der Waals surface area contributed by atoms with E-state index >= 15 is 0 Å². The van der Waals surface area contributed by atoms with Crippen molar-refractivity contribution < 1.29 is 28.3 Å². The number of anilines is 2. The van der Waals surface area contributed by atoms with E-state index in [1.165, 1.54) is 12.4 Å². The molecule has 0 aliphatic carbocycles. The molecule has 1 fully saturated rings. The zero-order chi connectivity index (χ0) is 29.8. The van der Waals surface area contributed by atoms with Gasteiger partial charge in [-0.2, -0.15) is 0 Å². The summed E-state index contributed by atoms with van der Waals surface area (Å²) in [6.07, 6.45) is 4.86. The van der Waals surface area contributed by atoms with E-state index in [4.69, 9.17) is 13.9 Å². The summed E-state index contributed by atoms with van der Waals surface area (Å²) < 4.78 is 16.0. The van der Waals surface area contributed by atoms with Crippen molar-refractivity contribution in [1.29, 1.82) is 0 Å². The molecule has 1 saturated heterocycles. The number of hydrazine groups is 1. The number of piperazine rings is 1. The van der Waals surface area contributed by atoms with Crippen LogP contribution in [0.3, 0.4) is 0 Å². The van der Waals surface area contributed by atoms with Gasteiger partial charge in [0.25, 0.3) is 5.91 Å². The van der Waals surface area contributed by atoms with Crippen LogP contribution in [-0.2, 0) is 9.47 Å². The average Bonchev–Trinajstić information content (AvgIpc) is 3.45. The van der Waals surface area contributed by atoms with Gasteiger partial charge < -0.3 is 23.7 Å². The monoisotopic (exact) mass is 564 g/mol. The maximum absolute atomic E-state index is 13.6. The first-order valence-electron chi connectivity index (χ1n) is 13.3. The first-order chi connectivity index (χ1) is 19.3. The molecule has 1 aliphatic heterocycles. The number of nitrogens with zero attached hydrogens (tertiary/aromatic N) is 5. The Morgan fingerprint density at radius 2 is 1.61 bits per heavy atom. The Bertz CT molecular complexity index is 1350. The highest BCUT2D eigenvalue weighted by molar-refractivity contribution is 6.05. The van der Waals surface area contributed by atoms with Gasteiger partial charge in [0, 0.05) is 31.7 Å². The summed E-state index contributed by atoms with van der Waals surface area (Å²) in [6.45, 7) is 12.7. The molecular weight excluding hydrogens is 528 g/mol. The summed E-state index contributed by atoms with van der Waals surface area (Å²) in [5.74, 6) is -0.0343. The molecule has 1 aliphatic rings. The maximum atomic E-state index is 13.6. The number of carbonyl (C=O) groups is 3. The number of benzene rings is 1. The van der Waals surface area contributed by atoms with Crippen LogP contribution in [0.5, 0.6) is 0 Å². The van der Waals surface area contributed by atoms with E-state index in [-0.39, 0.29) is 11.8 Å². The molecule has 3 aromatic rings. The van der Waals surface area contributed by atoms with E-state index in [1.807, 2.05) is 31.7 Å². The fourth-order valence-corrected chi connectivity index (χ4v) is 4.03. The smallest absolute Gasteiger partial charge is 0.427 e. The summed E-state index contributed by atoms with van der Waals surface area (Å²) in [4.78, 5) is 51.1. The van der Waals surface area contributed by atoms with Gasteiger partial charge in [0.05, 0.1) is 30.6 Å². The molecule has 1 N–H and O–H groups in total. The van der Waals surface area contributed by atoms with Crippen molar-refractivity contribution in [3.05, 3.63) is 60.9 Å². The van der Waals surface area contributed by atoms with Gasteiger partial charge in [0.2, 0.25) is 0 Å². The van der Waals surface area contributed by atoms with E-state index in [0.717, 1.165) is 16.1 Å². The number of hydrogen-bond acceptors (Lipinski definition) is 9. The van der Waals surface area contributed by atoms with Crippen LogP contribution >= 0.6 is 0 Å². The fraction of sp³-hybridized carbons (Fsp3) is 0.414. The van der Waals surface area contributed by atoms with Crippen molar-refractivity contribution in [2.45, 2.75) is 52.7 Å². The van der Waals surface area contributed by atoms with E-state index < -0.39 is 23.2 Å². The van der Waals surface area contributed by atoms with Gasteiger partial charge in [-0.1, -0.05) is 12.1 Å². The van der Waals surface area contributed by atoms with E-state index in [9.17, 15) is 14.4 Å². The van der Waals surface area contributed by atoms with Crippen LogP contribution in [0.4, 0.5) is 21.1 Å². The molecule has 0 spiro atoms. The lowest BCUT2D eigenvalue weighted by Crippen LogP contribution is -2.50. The zero-order valence-corrected chi connectivity index (χ0v) is 24.2. The molecule has 12 heteroatoms. The van der Waals surface area contributed by atoms with Gasteiger partial charge >= 0.3 is 12.2 Å². The summed E-state index contributed by atoms with van der Waals surface area (Å²) in [6, 6.07) is 8.85. The lowest BCUT2D eigenvalue weighted by Gasteiger charge is -2.36.